The van der Waals surface area contributed by atoms with E-state index in [0.717, 1.165) is 11.6 Å². The second kappa shape index (κ2) is 4.49. The molecule has 0 saturated carbocycles. The third-order valence-corrected chi connectivity index (χ3v) is 2.56. The quantitative estimate of drug-likeness (QED) is 0.852. The van der Waals surface area contributed by atoms with E-state index in [0.29, 0.717) is 17.5 Å². The fourth-order valence-corrected chi connectivity index (χ4v) is 1.64. The Labute approximate surface area is 96.9 Å². The maximum atomic E-state index is 13.4. The molecule has 0 aliphatic heterocycles. The minimum Gasteiger partial charge on any atom is -0.329 e. The van der Waals surface area contributed by atoms with E-state index >= 15 is 0 Å². The average molecular weight is 235 g/mol. The predicted octanol–water partition coefficient (Wildman–Crippen LogP) is 2.55. The van der Waals surface area contributed by atoms with Gasteiger partial charge in [-0.05, 0) is 30.2 Å². The summed E-state index contributed by atoms with van der Waals surface area (Å²) in [7, 11) is 0. The lowest BCUT2D eigenvalue weighted by molar-refractivity contribution is 0.574. The van der Waals surface area contributed by atoms with Crippen molar-refractivity contribution in [3.63, 3.8) is 0 Å². The molecule has 0 fully saturated rings. The van der Waals surface area contributed by atoms with Crippen LogP contribution in [0.15, 0.2) is 35.3 Å². The number of hydrogen-bond acceptors (Lipinski definition) is 1. The monoisotopic (exact) mass is 235 g/mol. The molecule has 88 valence electrons. The van der Waals surface area contributed by atoms with Gasteiger partial charge in [0, 0.05) is 24.2 Å². The number of nitrogens with one attached hydrogen (secondary N) is 1. The number of aryl methyl sites for hydroxylation is 1. The molecule has 1 aromatic carbocycles. The second-order valence-electron chi connectivity index (χ2n) is 3.93. The summed E-state index contributed by atoms with van der Waals surface area (Å²) >= 11 is 0. The van der Waals surface area contributed by atoms with Crippen LogP contribution in [0.2, 0.25) is 0 Å². The molecule has 4 heteroatoms. The lowest BCUT2D eigenvalue weighted by atomic mass is 10.0. The molecule has 0 unspecified atom stereocenters. The molecular weight excluding hydrogens is 224 g/mol. The SMILES string of the molecule is Cc1cc(Cc2ccc(F)cc2F)c[nH]c1=O. The van der Waals surface area contributed by atoms with Crippen LogP contribution in [0.3, 0.4) is 0 Å². The van der Waals surface area contributed by atoms with Gasteiger partial charge in [0.05, 0.1) is 0 Å². The molecule has 0 radical (unpaired) electrons. The first kappa shape index (κ1) is 11.5. The Balaban J connectivity index is 2.31. The van der Waals surface area contributed by atoms with Crippen LogP contribution in [0.5, 0.6) is 0 Å². The summed E-state index contributed by atoms with van der Waals surface area (Å²) < 4.78 is 26.1. The molecule has 0 aliphatic rings. The van der Waals surface area contributed by atoms with Crippen molar-refractivity contribution in [2.24, 2.45) is 0 Å². The van der Waals surface area contributed by atoms with E-state index in [2.05, 4.69) is 4.98 Å². The molecule has 1 aromatic heterocycles. The summed E-state index contributed by atoms with van der Waals surface area (Å²) in [5.74, 6) is -1.17. The zero-order valence-electron chi connectivity index (χ0n) is 9.26. The van der Waals surface area contributed by atoms with Gasteiger partial charge in [0.15, 0.2) is 0 Å². The molecule has 0 spiro atoms. The highest BCUT2D eigenvalue weighted by atomic mass is 19.1. The maximum absolute atomic E-state index is 13.4. The summed E-state index contributed by atoms with van der Waals surface area (Å²) in [6, 6.07) is 5.18. The molecule has 0 atom stereocenters. The van der Waals surface area contributed by atoms with Crippen LogP contribution in [0, 0.1) is 18.6 Å². The van der Waals surface area contributed by atoms with Crippen LogP contribution >= 0.6 is 0 Å². The highest BCUT2D eigenvalue weighted by molar-refractivity contribution is 5.27. The van der Waals surface area contributed by atoms with E-state index in [1.54, 1.807) is 13.0 Å². The largest absolute Gasteiger partial charge is 0.329 e. The first-order valence-corrected chi connectivity index (χ1v) is 5.18. The van der Waals surface area contributed by atoms with Gasteiger partial charge in [-0.2, -0.15) is 0 Å². The van der Waals surface area contributed by atoms with Crippen molar-refractivity contribution in [1.29, 1.82) is 0 Å². The number of pyridine rings is 1. The molecule has 2 rings (SSSR count). The van der Waals surface area contributed by atoms with Crippen LogP contribution < -0.4 is 5.56 Å². The van der Waals surface area contributed by atoms with Gasteiger partial charge in [-0.1, -0.05) is 6.07 Å². The number of H-pyrrole nitrogens is 1. The smallest absolute Gasteiger partial charge is 0.250 e. The fourth-order valence-electron chi connectivity index (χ4n) is 1.64. The summed E-state index contributed by atoms with van der Waals surface area (Å²) in [6.45, 7) is 1.68. The van der Waals surface area contributed by atoms with Gasteiger partial charge in [0.2, 0.25) is 0 Å². The van der Waals surface area contributed by atoms with Gasteiger partial charge in [0.25, 0.3) is 5.56 Å². The van der Waals surface area contributed by atoms with Gasteiger partial charge in [0.1, 0.15) is 11.6 Å². The Bertz CT molecular complexity index is 605. The van der Waals surface area contributed by atoms with Crippen molar-refractivity contribution in [2.75, 3.05) is 0 Å². The number of halogens is 2. The van der Waals surface area contributed by atoms with Gasteiger partial charge in [-0.15, -0.1) is 0 Å². The molecular formula is C13H11F2NO. The molecule has 17 heavy (non-hydrogen) atoms. The van der Waals surface area contributed by atoms with E-state index in [4.69, 9.17) is 0 Å². The molecule has 0 amide bonds. The Hall–Kier alpha value is -1.97. The molecule has 1 heterocycles. The van der Waals surface area contributed by atoms with Crippen molar-refractivity contribution >= 4 is 0 Å². The topological polar surface area (TPSA) is 32.9 Å². The number of aromatic amines is 1. The molecule has 2 aromatic rings. The maximum Gasteiger partial charge on any atom is 0.250 e. The van der Waals surface area contributed by atoms with Crippen molar-refractivity contribution in [3.05, 3.63) is 69.1 Å². The lowest BCUT2D eigenvalue weighted by Gasteiger charge is -2.04. The van der Waals surface area contributed by atoms with Gasteiger partial charge < -0.3 is 4.98 Å². The number of rotatable bonds is 2. The highest BCUT2D eigenvalue weighted by Crippen LogP contribution is 2.14. The first-order valence-electron chi connectivity index (χ1n) is 5.18. The molecule has 1 N–H and O–H groups in total. The van der Waals surface area contributed by atoms with Crippen LogP contribution in [-0.2, 0) is 6.42 Å². The van der Waals surface area contributed by atoms with E-state index in [-0.39, 0.29) is 5.56 Å². The van der Waals surface area contributed by atoms with Gasteiger partial charge in [-0.25, -0.2) is 8.78 Å². The standard InChI is InChI=1S/C13H11F2NO/c1-8-4-9(7-16-13(8)17)5-10-2-3-11(14)6-12(10)15/h2-4,6-7H,5H2,1H3,(H,16,17). The molecule has 0 aliphatic carbocycles. The lowest BCUT2D eigenvalue weighted by Crippen LogP contribution is -2.09. The van der Waals surface area contributed by atoms with Crippen LogP contribution in [-0.4, -0.2) is 4.98 Å². The van der Waals surface area contributed by atoms with Gasteiger partial charge >= 0.3 is 0 Å². The van der Waals surface area contributed by atoms with E-state index < -0.39 is 11.6 Å². The minimum absolute atomic E-state index is 0.159. The highest BCUT2D eigenvalue weighted by Gasteiger charge is 2.05. The summed E-state index contributed by atoms with van der Waals surface area (Å²) in [5, 5.41) is 0. The average Bonchev–Trinajstić information content (AvgIpc) is 2.27. The summed E-state index contributed by atoms with van der Waals surface area (Å²) in [5.41, 5.74) is 1.60. The molecule has 0 bridgehead atoms. The van der Waals surface area contributed by atoms with Gasteiger partial charge in [-0.3, -0.25) is 4.79 Å². The Morgan fingerprint density at radius 2 is 2.00 bits per heavy atom. The molecule has 0 saturated heterocycles. The third-order valence-electron chi connectivity index (χ3n) is 2.56. The van der Waals surface area contributed by atoms with Crippen LogP contribution in [0.1, 0.15) is 16.7 Å². The van der Waals surface area contributed by atoms with E-state index in [9.17, 15) is 13.6 Å². The van der Waals surface area contributed by atoms with Crippen molar-refractivity contribution in [2.45, 2.75) is 13.3 Å². The van der Waals surface area contributed by atoms with Crippen LogP contribution in [0.25, 0.3) is 0 Å². The van der Waals surface area contributed by atoms with Crippen molar-refractivity contribution in [1.82, 2.24) is 4.98 Å². The third kappa shape index (κ3) is 2.58. The Morgan fingerprint density at radius 1 is 1.24 bits per heavy atom. The number of benzene rings is 1. The number of hydrogen-bond donors (Lipinski definition) is 1. The van der Waals surface area contributed by atoms with Crippen molar-refractivity contribution < 1.29 is 8.78 Å². The van der Waals surface area contributed by atoms with E-state index in [1.165, 1.54) is 18.3 Å². The zero-order valence-corrected chi connectivity index (χ0v) is 9.26. The predicted molar refractivity (Wildman–Crippen MR) is 61.0 cm³/mol. The zero-order chi connectivity index (χ0) is 12.4. The summed E-state index contributed by atoms with van der Waals surface area (Å²) in [6.07, 6.45) is 1.86. The Morgan fingerprint density at radius 3 is 2.65 bits per heavy atom. The normalized spacial score (nSPS) is 10.5. The van der Waals surface area contributed by atoms with E-state index in [1.807, 2.05) is 0 Å². The van der Waals surface area contributed by atoms with Crippen LogP contribution in [0.4, 0.5) is 8.78 Å². The summed E-state index contributed by atoms with van der Waals surface area (Å²) in [4.78, 5) is 13.7. The number of aromatic nitrogens is 1. The fraction of sp³-hybridized carbons (Fsp3) is 0.154. The Kier molecular flexibility index (Phi) is 3.04. The second-order valence-corrected chi connectivity index (χ2v) is 3.93. The minimum atomic E-state index is -0.594. The van der Waals surface area contributed by atoms with Crippen molar-refractivity contribution in [3.8, 4) is 0 Å². The first-order chi connectivity index (χ1) is 8.06. The molecule has 2 nitrogen and oxygen atoms in total.